The Labute approximate surface area is 117 Å². The number of nitrogens with zero attached hydrogens (tertiary/aromatic N) is 1. The molecule has 0 atom stereocenters. The molecule has 0 aliphatic rings. The number of amides is 1. The van der Waals surface area contributed by atoms with Crippen LogP contribution < -0.4 is 11.1 Å². The maximum atomic E-state index is 12.4. The number of carbonyl (C=O) groups excluding carboxylic acids is 1. The van der Waals surface area contributed by atoms with Crippen LogP contribution in [0.5, 0.6) is 0 Å². The summed E-state index contributed by atoms with van der Waals surface area (Å²) in [6, 6.07) is 5.98. The Kier molecular flexibility index (Phi) is 4.07. The standard InChI is InChI=1S/C14H19N3OS/c1-9-5-4-6-10-11(15)13(19-12(9)10)14(18)17(3)8-7-16-2/h4-6,16H,7-8,15H2,1-3H3. The Morgan fingerprint density at radius 2 is 2.21 bits per heavy atom. The normalized spacial score (nSPS) is 10.9. The molecular weight excluding hydrogens is 258 g/mol. The number of aryl methyl sites for hydroxylation is 1. The van der Waals surface area contributed by atoms with Crippen molar-refractivity contribution in [3.63, 3.8) is 0 Å². The van der Waals surface area contributed by atoms with Crippen LogP contribution in [0.15, 0.2) is 18.2 Å². The van der Waals surface area contributed by atoms with Crippen LogP contribution in [0.3, 0.4) is 0 Å². The van der Waals surface area contributed by atoms with E-state index in [0.29, 0.717) is 17.1 Å². The molecule has 19 heavy (non-hydrogen) atoms. The number of likely N-dealkylation sites (N-methyl/N-ethyl adjacent to an activating group) is 2. The molecule has 5 heteroatoms. The fraction of sp³-hybridized carbons (Fsp3) is 0.357. The Morgan fingerprint density at radius 3 is 2.84 bits per heavy atom. The molecule has 0 bridgehead atoms. The zero-order chi connectivity index (χ0) is 14.0. The van der Waals surface area contributed by atoms with E-state index in [0.717, 1.165) is 22.2 Å². The summed E-state index contributed by atoms with van der Waals surface area (Å²) >= 11 is 1.48. The van der Waals surface area contributed by atoms with E-state index in [1.54, 1.807) is 11.9 Å². The molecule has 4 nitrogen and oxygen atoms in total. The summed E-state index contributed by atoms with van der Waals surface area (Å²) in [6.07, 6.45) is 0. The fourth-order valence-corrected chi connectivity index (χ4v) is 3.18. The van der Waals surface area contributed by atoms with Gasteiger partial charge in [0.05, 0.1) is 5.69 Å². The third kappa shape index (κ3) is 2.57. The van der Waals surface area contributed by atoms with Crippen LogP contribution in [0, 0.1) is 6.92 Å². The Morgan fingerprint density at radius 1 is 1.47 bits per heavy atom. The molecule has 0 aliphatic heterocycles. The van der Waals surface area contributed by atoms with Gasteiger partial charge in [0.1, 0.15) is 4.88 Å². The Bertz CT molecular complexity index is 606. The van der Waals surface area contributed by atoms with Crippen molar-refractivity contribution in [2.45, 2.75) is 6.92 Å². The minimum Gasteiger partial charge on any atom is -0.397 e. The lowest BCUT2D eigenvalue weighted by Crippen LogP contribution is -2.32. The van der Waals surface area contributed by atoms with Gasteiger partial charge in [-0.25, -0.2) is 0 Å². The highest BCUT2D eigenvalue weighted by Gasteiger charge is 2.19. The van der Waals surface area contributed by atoms with Gasteiger partial charge in [0.2, 0.25) is 0 Å². The number of benzene rings is 1. The third-order valence-corrected chi connectivity index (χ3v) is 4.53. The van der Waals surface area contributed by atoms with Crippen molar-refractivity contribution in [1.29, 1.82) is 0 Å². The zero-order valence-electron chi connectivity index (χ0n) is 11.5. The molecule has 0 fully saturated rings. The number of nitrogens with one attached hydrogen (secondary N) is 1. The van der Waals surface area contributed by atoms with Crippen LogP contribution in [0.4, 0.5) is 5.69 Å². The second-order valence-corrected chi connectivity index (χ2v) is 5.65. The lowest BCUT2D eigenvalue weighted by atomic mass is 10.1. The predicted octanol–water partition coefficient (Wildman–Crippen LogP) is 2.08. The first-order valence-corrected chi connectivity index (χ1v) is 7.05. The van der Waals surface area contributed by atoms with Crippen LogP contribution in [0.2, 0.25) is 0 Å². The van der Waals surface area contributed by atoms with Crippen LogP contribution in [0.1, 0.15) is 15.2 Å². The predicted molar refractivity (Wildman–Crippen MR) is 81.9 cm³/mol. The lowest BCUT2D eigenvalue weighted by molar-refractivity contribution is 0.0802. The number of fused-ring (bicyclic) bond motifs is 1. The molecule has 1 heterocycles. The van der Waals surface area contributed by atoms with Crippen LogP contribution >= 0.6 is 11.3 Å². The molecule has 0 saturated carbocycles. The molecular formula is C14H19N3OS. The molecule has 1 aromatic carbocycles. The Balaban J connectivity index is 2.37. The first-order chi connectivity index (χ1) is 9.06. The van der Waals surface area contributed by atoms with Gasteiger partial charge in [-0.3, -0.25) is 4.79 Å². The minimum atomic E-state index is -0.00616. The molecule has 0 saturated heterocycles. The van der Waals surface area contributed by atoms with Crippen molar-refractivity contribution in [2.24, 2.45) is 0 Å². The minimum absolute atomic E-state index is 0.00616. The van der Waals surface area contributed by atoms with Crippen molar-refractivity contribution in [2.75, 3.05) is 32.9 Å². The van der Waals surface area contributed by atoms with Crippen molar-refractivity contribution >= 4 is 33.0 Å². The average molecular weight is 277 g/mol. The third-order valence-electron chi connectivity index (χ3n) is 3.19. The zero-order valence-corrected chi connectivity index (χ0v) is 12.3. The molecule has 1 aromatic heterocycles. The molecule has 102 valence electrons. The van der Waals surface area contributed by atoms with Crippen molar-refractivity contribution < 1.29 is 4.79 Å². The van der Waals surface area contributed by atoms with Gasteiger partial charge in [-0.2, -0.15) is 0 Å². The van der Waals surface area contributed by atoms with Gasteiger partial charge in [-0.1, -0.05) is 18.2 Å². The van der Waals surface area contributed by atoms with Crippen LogP contribution in [-0.4, -0.2) is 38.0 Å². The number of thiophene rings is 1. The van der Waals surface area contributed by atoms with Crippen molar-refractivity contribution in [1.82, 2.24) is 10.2 Å². The van der Waals surface area contributed by atoms with Gasteiger partial charge in [0, 0.05) is 30.2 Å². The summed E-state index contributed by atoms with van der Waals surface area (Å²) < 4.78 is 1.10. The second-order valence-electron chi connectivity index (χ2n) is 4.63. The molecule has 0 radical (unpaired) electrons. The van der Waals surface area contributed by atoms with Gasteiger partial charge >= 0.3 is 0 Å². The SMILES string of the molecule is CNCCN(C)C(=O)c1sc2c(C)cccc2c1N. The molecule has 3 N–H and O–H groups in total. The summed E-state index contributed by atoms with van der Waals surface area (Å²) in [5, 5.41) is 4.02. The largest absolute Gasteiger partial charge is 0.397 e. The van der Waals surface area contributed by atoms with Gasteiger partial charge in [-0.05, 0) is 19.5 Å². The smallest absolute Gasteiger partial charge is 0.265 e. The molecule has 0 spiro atoms. The highest BCUT2D eigenvalue weighted by atomic mass is 32.1. The summed E-state index contributed by atoms with van der Waals surface area (Å²) in [7, 11) is 3.67. The topological polar surface area (TPSA) is 58.4 Å². The second kappa shape index (κ2) is 5.59. The molecule has 1 amide bonds. The maximum Gasteiger partial charge on any atom is 0.265 e. The molecule has 0 aliphatic carbocycles. The van der Waals surface area contributed by atoms with Gasteiger partial charge in [0.25, 0.3) is 5.91 Å². The lowest BCUT2D eigenvalue weighted by Gasteiger charge is -2.16. The van der Waals surface area contributed by atoms with E-state index in [4.69, 9.17) is 5.73 Å². The maximum absolute atomic E-state index is 12.4. The van der Waals surface area contributed by atoms with Crippen molar-refractivity contribution in [3.05, 3.63) is 28.6 Å². The van der Waals surface area contributed by atoms with E-state index in [1.165, 1.54) is 11.3 Å². The van der Waals surface area contributed by atoms with E-state index in [9.17, 15) is 4.79 Å². The van der Waals surface area contributed by atoms with E-state index in [2.05, 4.69) is 5.32 Å². The average Bonchev–Trinajstić information content (AvgIpc) is 2.74. The summed E-state index contributed by atoms with van der Waals surface area (Å²) in [5.74, 6) is -0.00616. The first kappa shape index (κ1) is 13.8. The number of rotatable bonds is 4. The number of nitrogens with two attached hydrogens (primary N) is 1. The van der Waals surface area contributed by atoms with E-state index >= 15 is 0 Å². The van der Waals surface area contributed by atoms with Gasteiger partial charge < -0.3 is 16.0 Å². The fourth-order valence-electron chi connectivity index (χ4n) is 1.99. The molecule has 2 aromatic rings. The summed E-state index contributed by atoms with van der Waals surface area (Å²) in [6.45, 7) is 3.48. The number of hydrogen-bond donors (Lipinski definition) is 2. The number of nitrogen functional groups attached to an aromatic ring is 1. The van der Waals surface area contributed by atoms with Gasteiger partial charge in [-0.15, -0.1) is 11.3 Å². The first-order valence-electron chi connectivity index (χ1n) is 6.24. The Hall–Kier alpha value is -1.59. The van der Waals surface area contributed by atoms with Crippen LogP contribution in [-0.2, 0) is 0 Å². The summed E-state index contributed by atoms with van der Waals surface area (Å²) in [4.78, 5) is 14.7. The van der Waals surface area contributed by atoms with E-state index in [1.807, 2.05) is 32.2 Å². The van der Waals surface area contributed by atoms with E-state index in [-0.39, 0.29) is 5.91 Å². The van der Waals surface area contributed by atoms with Gasteiger partial charge in [0.15, 0.2) is 0 Å². The quantitative estimate of drug-likeness (QED) is 0.899. The van der Waals surface area contributed by atoms with Crippen molar-refractivity contribution in [3.8, 4) is 0 Å². The summed E-state index contributed by atoms with van der Waals surface area (Å²) in [5.41, 5.74) is 7.88. The highest BCUT2D eigenvalue weighted by Crippen LogP contribution is 2.36. The monoisotopic (exact) mass is 277 g/mol. The highest BCUT2D eigenvalue weighted by molar-refractivity contribution is 7.21. The molecule has 0 unspecified atom stereocenters. The number of carbonyl (C=O) groups is 1. The van der Waals surface area contributed by atoms with E-state index < -0.39 is 0 Å². The van der Waals surface area contributed by atoms with Crippen LogP contribution in [0.25, 0.3) is 10.1 Å². The number of hydrogen-bond acceptors (Lipinski definition) is 4. The number of anilines is 1. The molecule has 2 rings (SSSR count).